The van der Waals surface area contributed by atoms with Gasteiger partial charge in [0.25, 0.3) is 5.91 Å². The zero-order chi connectivity index (χ0) is 21.7. The average Bonchev–Trinajstić information content (AvgIpc) is 3.40. The number of rotatable bonds is 7. The van der Waals surface area contributed by atoms with Gasteiger partial charge in [-0.05, 0) is 50.1 Å². The van der Waals surface area contributed by atoms with E-state index in [4.69, 9.17) is 9.15 Å². The van der Waals surface area contributed by atoms with Crippen molar-refractivity contribution in [1.29, 1.82) is 0 Å². The first kappa shape index (κ1) is 21.7. The smallest absolute Gasteiger partial charge is 0.418 e. The Balaban J connectivity index is 1.64. The lowest BCUT2D eigenvalue weighted by Crippen LogP contribution is -2.32. The highest BCUT2D eigenvalue weighted by Gasteiger charge is 2.34. The Bertz CT molecular complexity index is 878. The van der Waals surface area contributed by atoms with E-state index < -0.39 is 35.7 Å². The predicted octanol–water partition coefficient (Wildman–Crippen LogP) is 3.71. The summed E-state index contributed by atoms with van der Waals surface area (Å²) in [6.45, 7) is 1.79. The first-order valence-corrected chi connectivity index (χ1v) is 9.44. The molecule has 1 aromatic heterocycles. The largest absolute Gasteiger partial charge is 0.467 e. The molecule has 1 aliphatic rings. The van der Waals surface area contributed by atoms with E-state index in [1.807, 2.05) is 0 Å². The summed E-state index contributed by atoms with van der Waals surface area (Å²) in [6.07, 6.45) is -2.61. The van der Waals surface area contributed by atoms with Crippen LogP contribution in [0, 0.1) is 0 Å². The molecular formula is C20H22F3N3O4. The molecule has 0 aliphatic carbocycles. The van der Waals surface area contributed by atoms with Crippen molar-refractivity contribution in [2.45, 2.75) is 38.1 Å². The second-order valence-electron chi connectivity index (χ2n) is 6.91. The van der Waals surface area contributed by atoms with E-state index in [0.29, 0.717) is 18.8 Å². The summed E-state index contributed by atoms with van der Waals surface area (Å²) in [5, 5.41) is 7.59. The normalized spacial score (nSPS) is 17.4. The maximum Gasteiger partial charge on any atom is 0.418 e. The third kappa shape index (κ3) is 5.53. The number of hydrogen-bond donors (Lipinski definition) is 3. The Morgan fingerprint density at radius 2 is 2.07 bits per heavy atom. The Labute approximate surface area is 171 Å². The first-order chi connectivity index (χ1) is 14.2. The minimum absolute atomic E-state index is 0.00395. The number of halogens is 3. The van der Waals surface area contributed by atoms with Gasteiger partial charge in [-0.2, -0.15) is 13.2 Å². The highest BCUT2D eigenvalue weighted by molar-refractivity contribution is 5.94. The van der Waals surface area contributed by atoms with Gasteiger partial charge in [0, 0.05) is 18.0 Å². The van der Waals surface area contributed by atoms with Crippen LogP contribution < -0.4 is 16.0 Å². The van der Waals surface area contributed by atoms with E-state index >= 15 is 0 Å². The van der Waals surface area contributed by atoms with Crippen molar-refractivity contribution < 1.29 is 31.9 Å². The van der Waals surface area contributed by atoms with Crippen LogP contribution in [0.5, 0.6) is 0 Å². The molecule has 2 amide bonds. The molecule has 2 aromatic rings. The molecule has 0 saturated carbocycles. The minimum Gasteiger partial charge on any atom is -0.467 e. The van der Waals surface area contributed by atoms with E-state index in [1.54, 1.807) is 19.1 Å². The Morgan fingerprint density at radius 1 is 1.27 bits per heavy atom. The van der Waals surface area contributed by atoms with Gasteiger partial charge < -0.3 is 25.1 Å². The highest BCUT2D eigenvalue weighted by atomic mass is 19.4. The molecule has 162 valence electrons. The fourth-order valence-electron chi connectivity index (χ4n) is 3.09. The molecule has 0 spiro atoms. The molecule has 0 bridgehead atoms. The maximum atomic E-state index is 13.5. The fraction of sp³-hybridized carbons (Fsp3) is 0.400. The molecule has 1 saturated heterocycles. The van der Waals surface area contributed by atoms with Gasteiger partial charge in [0.15, 0.2) is 0 Å². The van der Waals surface area contributed by atoms with E-state index in [9.17, 15) is 22.8 Å². The van der Waals surface area contributed by atoms with Crippen molar-refractivity contribution in [1.82, 2.24) is 5.32 Å². The van der Waals surface area contributed by atoms with Gasteiger partial charge in [-0.1, -0.05) is 0 Å². The monoisotopic (exact) mass is 425 g/mol. The number of furan rings is 1. The van der Waals surface area contributed by atoms with Crippen molar-refractivity contribution in [2.75, 3.05) is 23.8 Å². The van der Waals surface area contributed by atoms with Crippen molar-refractivity contribution in [3.63, 3.8) is 0 Å². The van der Waals surface area contributed by atoms with Crippen LogP contribution in [0.4, 0.5) is 24.5 Å². The number of ether oxygens (including phenoxy) is 1. The second-order valence-corrected chi connectivity index (χ2v) is 6.91. The van der Waals surface area contributed by atoms with Gasteiger partial charge in [-0.25, -0.2) is 0 Å². The molecule has 7 nitrogen and oxygen atoms in total. The van der Waals surface area contributed by atoms with Crippen molar-refractivity contribution in [3.05, 3.63) is 47.9 Å². The van der Waals surface area contributed by atoms with Crippen LogP contribution in [0.1, 0.15) is 37.1 Å². The van der Waals surface area contributed by atoms with Gasteiger partial charge >= 0.3 is 6.18 Å². The number of amides is 2. The minimum atomic E-state index is -4.68. The lowest BCUT2D eigenvalue weighted by molar-refractivity contribution is -0.137. The van der Waals surface area contributed by atoms with Crippen LogP contribution in [-0.2, 0) is 20.5 Å². The van der Waals surface area contributed by atoms with E-state index in [0.717, 1.165) is 12.5 Å². The van der Waals surface area contributed by atoms with Gasteiger partial charge in [0.1, 0.15) is 11.9 Å². The van der Waals surface area contributed by atoms with Crippen LogP contribution in [0.2, 0.25) is 0 Å². The highest BCUT2D eigenvalue weighted by Crippen LogP contribution is 2.36. The van der Waals surface area contributed by atoms with Crippen molar-refractivity contribution in [3.8, 4) is 0 Å². The van der Waals surface area contributed by atoms with Gasteiger partial charge in [-0.15, -0.1) is 0 Å². The summed E-state index contributed by atoms with van der Waals surface area (Å²) in [5.74, 6) is -0.443. The van der Waals surface area contributed by atoms with Crippen molar-refractivity contribution >= 4 is 23.2 Å². The molecule has 1 fully saturated rings. The van der Waals surface area contributed by atoms with E-state index in [-0.39, 0.29) is 17.9 Å². The fourth-order valence-corrected chi connectivity index (χ4v) is 3.09. The number of hydrogen-bond acceptors (Lipinski definition) is 5. The molecule has 2 unspecified atom stereocenters. The molecule has 3 N–H and O–H groups in total. The predicted molar refractivity (Wildman–Crippen MR) is 103 cm³/mol. The quantitative estimate of drug-likeness (QED) is 0.629. The third-order valence-electron chi connectivity index (χ3n) is 4.60. The third-order valence-corrected chi connectivity index (χ3v) is 4.60. The number of carbonyl (C=O) groups is 2. The van der Waals surface area contributed by atoms with Crippen LogP contribution in [-0.4, -0.2) is 31.1 Å². The molecule has 10 heteroatoms. The Hall–Kier alpha value is -3.01. The maximum absolute atomic E-state index is 13.5. The summed E-state index contributed by atoms with van der Waals surface area (Å²) in [4.78, 5) is 24.2. The SMILES string of the molecule is CC(NC(=O)CNc1ccc(NC(=O)C2CCCO2)cc1C(F)(F)F)c1ccco1. The molecule has 1 aliphatic heterocycles. The van der Waals surface area contributed by atoms with E-state index in [1.165, 1.54) is 18.4 Å². The first-order valence-electron chi connectivity index (χ1n) is 9.44. The van der Waals surface area contributed by atoms with Crippen molar-refractivity contribution in [2.24, 2.45) is 0 Å². The summed E-state index contributed by atoms with van der Waals surface area (Å²) in [7, 11) is 0. The molecular weight excluding hydrogens is 403 g/mol. The van der Waals surface area contributed by atoms with Gasteiger partial charge in [0.2, 0.25) is 5.91 Å². The zero-order valence-corrected chi connectivity index (χ0v) is 16.2. The topological polar surface area (TPSA) is 92.6 Å². The molecule has 2 atom stereocenters. The van der Waals surface area contributed by atoms with Crippen LogP contribution >= 0.6 is 0 Å². The Morgan fingerprint density at radius 3 is 2.70 bits per heavy atom. The number of nitrogens with one attached hydrogen (secondary N) is 3. The number of anilines is 2. The summed E-state index contributed by atoms with van der Waals surface area (Å²) in [5.41, 5.74) is -1.25. The van der Waals surface area contributed by atoms with Crippen LogP contribution in [0.25, 0.3) is 0 Å². The van der Waals surface area contributed by atoms with Gasteiger partial charge in [0.05, 0.1) is 24.4 Å². The van der Waals surface area contributed by atoms with E-state index in [2.05, 4.69) is 16.0 Å². The van der Waals surface area contributed by atoms with Gasteiger partial charge in [-0.3, -0.25) is 9.59 Å². The molecule has 3 rings (SSSR count). The molecule has 0 radical (unpaired) electrons. The molecule has 2 heterocycles. The number of benzene rings is 1. The number of alkyl halides is 3. The summed E-state index contributed by atoms with van der Waals surface area (Å²) < 4.78 is 50.9. The average molecular weight is 425 g/mol. The van der Waals surface area contributed by atoms with Crippen LogP contribution in [0.3, 0.4) is 0 Å². The molecule has 30 heavy (non-hydrogen) atoms. The Kier molecular flexibility index (Phi) is 6.66. The lowest BCUT2D eigenvalue weighted by Gasteiger charge is -2.18. The standard InChI is InChI=1S/C20H22F3N3O4/c1-12(16-4-2-8-29-16)25-18(27)11-24-15-7-6-13(10-14(15)20(21,22)23)26-19(28)17-5-3-9-30-17/h2,4,6-8,10,12,17,24H,3,5,9,11H2,1H3,(H,25,27)(H,26,28). The summed E-state index contributed by atoms with van der Waals surface area (Å²) in [6, 6.07) is 6.28. The second kappa shape index (κ2) is 9.21. The number of carbonyl (C=O) groups excluding carboxylic acids is 2. The summed E-state index contributed by atoms with van der Waals surface area (Å²) >= 11 is 0. The lowest BCUT2D eigenvalue weighted by atomic mass is 10.1. The van der Waals surface area contributed by atoms with Crippen LogP contribution in [0.15, 0.2) is 41.0 Å². The molecule has 1 aromatic carbocycles. The zero-order valence-electron chi connectivity index (χ0n) is 16.2.